The molecule has 1 aliphatic heterocycles. The van der Waals surface area contributed by atoms with Crippen molar-refractivity contribution >= 4 is 34.5 Å². The molecule has 0 atom stereocenters. The van der Waals surface area contributed by atoms with E-state index in [4.69, 9.17) is 4.98 Å². The normalized spacial score (nSPS) is 13.8. The number of thioether (sulfide) groups is 1. The Morgan fingerprint density at radius 1 is 1.17 bits per heavy atom. The van der Waals surface area contributed by atoms with Gasteiger partial charge in [-0.2, -0.15) is 5.10 Å². The Bertz CT molecular complexity index is 984. The van der Waals surface area contributed by atoms with Crippen molar-refractivity contribution in [1.82, 2.24) is 25.1 Å². The second-order valence-corrected chi connectivity index (χ2v) is 8.30. The molecule has 30 heavy (non-hydrogen) atoms. The van der Waals surface area contributed by atoms with Crippen LogP contribution in [-0.4, -0.2) is 51.5 Å². The van der Waals surface area contributed by atoms with Crippen molar-refractivity contribution in [3.63, 3.8) is 0 Å². The fraction of sp³-hybridized carbons (Fsp3) is 0.455. The Labute approximate surface area is 181 Å². The maximum atomic E-state index is 12.2. The van der Waals surface area contributed by atoms with Gasteiger partial charge in [0.25, 0.3) is 0 Å². The van der Waals surface area contributed by atoms with Gasteiger partial charge in [0, 0.05) is 26.1 Å². The van der Waals surface area contributed by atoms with Gasteiger partial charge in [-0.25, -0.2) is 14.6 Å². The highest BCUT2D eigenvalue weighted by atomic mass is 32.2. The first-order valence-electron chi connectivity index (χ1n) is 10.6. The van der Waals surface area contributed by atoms with Gasteiger partial charge in [-0.05, 0) is 37.5 Å². The van der Waals surface area contributed by atoms with E-state index in [9.17, 15) is 4.79 Å². The lowest BCUT2D eigenvalue weighted by atomic mass is 10.1. The summed E-state index contributed by atoms with van der Waals surface area (Å²) in [7, 11) is 0. The summed E-state index contributed by atoms with van der Waals surface area (Å²) in [5.41, 5.74) is 2.11. The highest BCUT2D eigenvalue weighted by molar-refractivity contribution is 7.98. The third-order valence-electron chi connectivity index (χ3n) is 5.40. The lowest BCUT2D eigenvalue weighted by molar-refractivity contribution is -0.121. The monoisotopic (exact) mass is 424 g/mol. The Morgan fingerprint density at radius 3 is 2.73 bits per heavy atom. The van der Waals surface area contributed by atoms with Crippen molar-refractivity contribution in [3.8, 4) is 0 Å². The molecule has 3 heterocycles. The molecular weight excluding hydrogens is 396 g/mol. The lowest BCUT2D eigenvalue weighted by Crippen LogP contribution is -2.27. The molecule has 7 nitrogen and oxygen atoms in total. The third kappa shape index (κ3) is 4.92. The highest BCUT2D eigenvalue weighted by Crippen LogP contribution is 2.28. The highest BCUT2D eigenvalue weighted by Gasteiger charge is 2.20. The van der Waals surface area contributed by atoms with E-state index in [0.29, 0.717) is 19.5 Å². The van der Waals surface area contributed by atoms with E-state index in [2.05, 4.69) is 32.4 Å². The number of aromatic nitrogens is 4. The molecule has 8 heteroatoms. The molecule has 3 aromatic rings. The van der Waals surface area contributed by atoms with Gasteiger partial charge in [0.05, 0.1) is 18.1 Å². The van der Waals surface area contributed by atoms with Crippen LogP contribution in [0.15, 0.2) is 41.7 Å². The summed E-state index contributed by atoms with van der Waals surface area (Å²) in [6.07, 6.45) is 8.55. The molecule has 1 N–H and O–H groups in total. The summed E-state index contributed by atoms with van der Waals surface area (Å²) in [6.45, 7) is 3.20. The second-order valence-electron chi connectivity index (χ2n) is 7.52. The number of carbonyl (C=O) groups is 1. The first-order valence-corrected chi connectivity index (χ1v) is 11.8. The molecule has 0 saturated carbocycles. The van der Waals surface area contributed by atoms with Crippen molar-refractivity contribution in [3.05, 3.63) is 42.1 Å². The predicted molar refractivity (Wildman–Crippen MR) is 121 cm³/mol. The largest absolute Gasteiger partial charge is 0.356 e. The van der Waals surface area contributed by atoms with Crippen LogP contribution in [0.5, 0.6) is 0 Å². The molecule has 1 saturated heterocycles. The molecule has 1 aromatic carbocycles. The maximum absolute atomic E-state index is 12.2. The van der Waals surface area contributed by atoms with Gasteiger partial charge in [0.2, 0.25) is 5.91 Å². The maximum Gasteiger partial charge on any atom is 0.220 e. The molecule has 0 radical (unpaired) electrons. The standard InChI is InChI=1S/C22H28N6OS/c1-30-22-25-20(27-13-5-6-14-27)18-16-24-28(21(18)26-22)15-12-23-19(29)11-7-10-17-8-3-2-4-9-17/h2-4,8-9,16H,5-7,10-15H2,1H3,(H,23,29). The van der Waals surface area contributed by atoms with Crippen molar-refractivity contribution in [2.24, 2.45) is 0 Å². The zero-order valence-corrected chi connectivity index (χ0v) is 18.2. The van der Waals surface area contributed by atoms with E-state index in [-0.39, 0.29) is 5.91 Å². The number of aryl methyl sites for hydroxylation is 1. The smallest absolute Gasteiger partial charge is 0.220 e. The van der Waals surface area contributed by atoms with Crippen LogP contribution >= 0.6 is 11.8 Å². The number of anilines is 1. The van der Waals surface area contributed by atoms with Crippen LogP contribution in [-0.2, 0) is 17.8 Å². The second kappa shape index (κ2) is 9.93. The Kier molecular flexibility index (Phi) is 6.84. The Hall–Kier alpha value is -2.61. The zero-order valence-electron chi connectivity index (χ0n) is 17.4. The molecule has 4 rings (SSSR count). The van der Waals surface area contributed by atoms with E-state index in [1.165, 1.54) is 18.4 Å². The molecule has 0 aliphatic carbocycles. The quantitative estimate of drug-likeness (QED) is 0.420. The van der Waals surface area contributed by atoms with E-state index in [0.717, 1.165) is 47.9 Å². The Morgan fingerprint density at radius 2 is 1.97 bits per heavy atom. The molecule has 158 valence electrons. The first-order chi connectivity index (χ1) is 14.7. The van der Waals surface area contributed by atoms with Crippen LogP contribution in [0.25, 0.3) is 11.0 Å². The van der Waals surface area contributed by atoms with Gasteiger partial charge >= 0.3 is 0 Å². The van der Waals surface area contributed by atoms with Gasteiger partial charge in [-0.15, -0.1) is 0 Å². The van der Waals surface area contributed by atoms with Crippen LogP contribution in [0.3, 0.4) is 0 Å². The summed E-state index contributed by atoms with van der Waals surface area (Å²) < 4.78 is 1.88. The number of carbonyl (C=O) groups excluding carboxylic acids is 1. The fourth-order valence-electron chi connectivity index (χ4n) is 3.83. The van der Waals surface area contributed by atoms with E-state index >= 15 is 0 Å². The number of rotatable bonds is 9. The van der Waals surface area contributed by atoms with Gasteiger partial charge in [-0.3, -0.25) is 4.79 Å². The SMILES string of the molecule is CSc1nc(N2CCCC2)c2cnn(CCNC(=O)CCCc3ccccc3)c2n1. The molecule has 0 spiro atoms. The lowest BCUT2D eigenvalue weighted by Gasteiger charge is -2.17. The van der Waals surface area contributed by atoms with Crippen LogP contribution in [0.4, 0.5) is 5.82 Å². The zero-order chi connectivity index (χ0) is 20.8. The van der Waals surface area contributed by atoms with E-state index in [1.54, 1.807) is 11.8 Å². The average Bonchev–Trinajstić information content (AvgIpc) is 3.44. The third-order valence-corrected chi connectivity index (χ3v) is 5.95. The van der Waals surface area contributed by atoms with Crippen molar-refractivity contribution < 1.29 is 4.79 Å². The van der Waals surface area contributed by atoms with Crippen LogP contribution < -0.4 is 10.2 Å². The summed E-state index contributed by atoms with van der Waals surface area (Å²) in [5, 5.41) is 9.29. The molecule has 1 aliphatic rings. The number of nitrogens with one attached hydrogen (secondary N) is 1. The van der Waals surface area contributed by atoms with Gasteiger partial charge in [0.15, 0.2) is 10.8 Å². The number of benzene rings is 1. The number of nitrogens with zero attached hydrogens (tertiary/aromatic N) is 5. The van der Waals surface area contributed by atoms with Crippen molar-refractivity contribution in [1.29, 1.82) is 0 Å². The summed E-state index contributed by atoms with van der Waals surface area (Å²) >= 11 is 1.54. The molecule has 2 aromatic heterocycles. The van der Waals surface area contributed by atoms with Crippen molar-refractivity contribution in [2.75, 3.05) is 30.8 Å². The average molecular weight is 425 g/mol. The Balaban J connectivity index is 1.33. The van der Waals surface area contributed by atoms with Crippen LogP contribution in [0, 0.1) is 0 Å². The van der Waals surface area contributed by atoms with Crippen LogP contribution in [0.2, 0.25) is 0 Å². The number of hydrogen-bond donors (Lipinski definition) is 1. The predicted octanol–water partition coefficient (Wildman–Crippen LogP) is 3.29. The van der Waals surface area contributed by atoms with Gasteiger partial charge in [0.1, 0.15) is 5.82 Å². The molecule has 1 fully saturated rings. The summed E-state index contributed by atoms with van der Waals surface area (Å²) in [4.78, 5) is 23.9. The van der Waals surface area contributed by atoms with Gasteiger partial charge < -0.3 is 10.2 Å². The minimum absolute atomic E-state index is 0.0829. The van der Waals surface area contributed by atoms with Crippen molar-refractivity contribution in [2.45, 2.75) is 43.8 Å². The number of fused-ring (bicyclic) bond motifs is 1. The van der Waals surface area contributed by atoms with Crippen LogP contribution in [0.1, 0.15) is 31.2 Å². The van der Waals surface area contributed by atoms with Gasteiger partial charge in [-0.1, -0.05) is 42.1 Å². The molecule has 0 unspecified atom stereocenters. The number of hydrogen-bond acceptors (Lipinski definition) is 6. The first kappa shape index (κ1) is 20.7. The minimum atomic E-state index is 0.0829. The molecule has 0 bridgehead atoms. The minimum Gasteiger partial charge on any atom is -0.356 e. The molecule has 1 amide bonds. The fourth-order valence-corrected chi connectivity index (χ4v) is 4.19. The van der Waals surface area contributed by atoms with E-state index in [1.807, 2.05) is 35.3 Å². The number of amides is 1. The van der Waals surface area contributed by atoms with E-state index < -0.39 is 0 Å². The summed E-state index contributed by atoms with van der Waals surface area (Å²) in [6, 6.07) is 10.3. The summed E-state index contributed by atoms with van der Waals surface area (Å²) in [5.74, 6) is 1.07. The molecular formula is C22H28N6OS. The topological polar surface area (TPSA) is 75.9 Å².